The maximum atomic E-state index is 16.8. The highest BCUT2D eigenvalue weighted by molar-refractivity contribution is 5.87. The third kappa shape index (κ3) is 10.6. The highest BCUT2D eigenvalue weighted by Gasteiger charge is 2.41. The number of nitrogens with zero attached hydrogens (tertiary/aromatic N) is 7. The number of alkyl carbamates (subject to hydrolysis) is 1. The lowest BCUT2D eigenvalue weighted by molar-refractivity contribution is -0.138. The Morgan fingerprint density at radius 3 is 1.55 bits per heavy atom. The first kappa shape index (κ1) is 53.7. The van der Waals surface area contributed by atoms with Gasteiger partial charge in [0.25, 0.3) is 0 Å². The van der Waals surface area contributed by atoms with Crippen LogP contribution in [0.5, 0.6) is 0 Å². The maximum absolute atomic E-state index is 16.8. The van der Waals surface area contributed by atoms with Crippen LogP contribution in [-0.2, 0) is 20.5 Å². The van der Waals surface area contributed by atoms with Gasteiger partial charge < -0.3 is 54.9 Å². The van der Waals surface area contributed by atoms with Crippen LogP contribution in [-0.4, -0.2) is 117 Å². The number of nitrogens with one attached hydrogen (secondary N) is 4. The lowest BCUT2D eigenvalue weighted by Crippen LogP contribution is -2.51. The predicted octanol–water partition coefficient (Wildman–Crippen LogP) is 10.1. The van der Waals surface area contributed by atoms with E-state index >= 15 is 8.78 Å². The fourth-order valence-corrected chi connectivity index (χ4v) is 12.0. The van der Waals surface area contributed by atoms with Crippen LogP contribution in [0, 0.1) is 23.5 Å². The van der Waals surface area contributed by atoms with Crippen molar-refractivity contribution in [2.45, 2.75) is 109 Å². The summed E-state index contributed by atoms with van der Waals surface area (Å²) in [5.41, 5.74) is 4.37. The highest BCUT2D eigenvalue weighted by Crippen LogP contribution is 2.49. The van der Waals surface area contributed by atoms with E-state index < -0.39 is 65.8 Å². The van der Waals surface area contributed by atoms with Gasteiger partial charge in [0.15, 0.2) is 11.6 Å². The number of carboxylic acid groups (broad SMARTS) is 1. The summed E-state index contributed by atoms with van der Waals surface area (Å²) in [6, 6.07) is 16.0. The number of amides is 4. The van der Waals surface area contributed by atoms with E-state index in [-0.39, 0.29) is 48.5 Å². The molecule has 0 unspecified atom stereocenters. The van der Waals surface area contributed by atoms with Crippen molar-refractivity contribution < 1.29 is 51.0 Å². The second-order valence-electron chi connectivity index (χ2n) is 21.5. The van der Waals surface area contributed by atoms with E-state index in [1.54, 1.807) is 28.5 Å². The Morgan fingerprint density at radius 1 is 0.628 bits per heavy atom. The Kier molecular flexibility index (Phi) is 14.9. The zero-order chi connectivity index (χ0) is 55.3. The van der Waals surface area contributed by atoms with Crippen molar-refractivity contribution in [3.05, 3.63) is 113 Å². The normalized spacial score (nSPS) is 20.8. The molecule has 6 atom stereocenters. The van der Waals surface area contributed by atoms with Gasteiger partial charge in [-0.1, -0.05) is 39.8 Å². The molecule has 22 heteroatoms. The molecule has 0 aliphatic carbocycles. The number of ether oxygens (including phenoxy) is 1. The summed E-state index contributed by atoms with van der Waals surface area (Å²) in [7, 11) is 1.25. The number of hydrogen-bond donors (Lipinski definition) is 5. The van der Waals surface area contributed by atoms with Gasteiger partial charge in [-0.2, -0.15) is 13.2 Å². The second kappa shape index (κ2) is 21.6. The molecule has 4 aliphatic rings. The fraction of sp³-hybridized carbons (Fsp3) is 0.464. The molecule has 4 saturated heterocycles. The van der Waals surface area contributed by atoms with Crippen LogP contribution in [0.1, 0.15) is 119 Å². The molecule has 17 nitrogen and oxygen atoms in total. The number of halogens is 5. The van der Waals surface area contributed by atoms with Gasteiger partial charge in [0, 0.05) is 50.6 Å². The van der Waals surface area contributed by atoms with Gasteiger partial charge >= 0.3 is 18.4 Å². The number of benzene rings is 4. The molecule has 0 radical (unpaired) electrons. The van der Waals surface area contributed by atoms with E-state index in [9.17, 15) is 37.5 Å². The molecule has 6 aromatic rings. The number of imidazole rings is 2. The van der Waals surface area contributed by atoms with Crippen molar-refractivity contribution in [1.82, 2.24) is 40.4 Å². The smallest absolute Gasteiger partial charge is 0.416 e. The SMILES string of the molecule is COC(=O)N[C@H](C(=O)N1CCC[C@H]1c1nc2cc([C@H]3CC[C@H](c4ccc5[nH]c([C@@H]6CCCN6C(=O)[C@@H](NC(=O)O)C(C)C)nc5c4)N3c3cc(F)c(N4CCN(c5ccc(C(F)(F)F)cc5)CC4)c(F)c3)ccc2[nH]1)C(C)C. The van der Waals surface area contributed by atoms with Gasteiger partial charge in [-0.15, -0.1) is 0 Å². The molecule has 414 valence electrons. The van der Waals surface area contributed by atoms with Crippen molar-refractivity contribution >= 4 is 63.1 Å². The van der Waals surface area contributed by atoms with Gasteiger partial charge in [0.05, 0.1) is 58.9 Å². The van der Waals surface area contributed by atoms with Gasteiger partial charge in [-0.3, -0.25) is 9.59 Å². The van der Waals surface area contributed by atoms with E-state index in [0.29, 0.717) is 92.3 Å². The van der Waals surface area contributed by atoms with Crippen LogP contribution >= 0.6 is 0 Å². The fourth-order valence-electron chi connectivity index (χ4n) is 12.0. The predicted molar refractivity (Wildman–Crippen MR) is 283 cm³/mol. The van der Waals surface area contributed by atoms with Gasteiger partial charge in [-0.25, -0.2) is 28.3 Å². The minimum atomic E-state index is -4.47. The van der Waals surface area contributed by atoms with E-state index in [4.69, 9.17) is 14.7 Å². The molecule has 4 aliphatic heterocycles. The Balaban J connectivity index is 0.959. The van der Waals surface area contributed by atoms with Crippen LogP contribution in [0.4, 0.5) is 48.6 Å². The van der Waals surface area contributed by atoms with Crippen molar-refractivity contribution in [2.75, 3.05) is 61.1 Å². The number of likely N-dealkylation sites (tertiary alicyclic amines) is 2. The Hall–Kier alpha value is -7.65. The largest absolute Gasteiger partial charge is 0.465 e. The number of fused-ring (bicyclic) bond motifs is 2. The average molecular weight is 1080 g/mol. The van der Waals surface area contributed by atoms with Crippen molar-refractivity contribution in [3.63, 3.8) is 0 Å². The number of carbonyl (C=O) groups excluding carboxylic acids is 3. The van der Waals surface area contributed by atoms with E-state index in [1.165, 1.54) is 31.4 Å². The number of aromatic nitrogens is 4. The zero-order valence-electron chi connectivity index (χ0n) is 44.0. The number of alkyl halides is 3. The average Bonchev–Trinajstić information content (AvgIpc) is 4.44. The molecule has 6 heterocycles. The highest BCUT2D eigenvalue weighted by atomic mass is 19.4. The minimum Gasteiger partial charge on any atom is -0.465 e. The first-order valence-corrected chi connectivity index (χ1v) is 26.7. The number of hydrogen-bond acceptors (Lipinski definition) is 10. The van der Waals surface area contributed by atoms with Gasteiger partial charge in [0.1, 0.15) is 29.4 Å². The minimum absolute atomic E-state index is 0.188. The van der Waals surface area contributed by atoms with E-state index in [0.717, 1.165) is 40.7 Å². The summed E-state index contributed by atoms with van der Waals surface area (Å²) in [4.78, 5) is 77.5. The summed E-state index contributed by atoms with van der Waals surface area (Å²) in [5, 5.41) is 14.6. The second-order valence-corrected chi connectivity index (χ2v) is 21.5. The van der Waals surface area contributed by atoms with Gasteiger partial charge in [-0.05, 0) is 122 Å². The molecule has 4 aromatic carbocycles. The third-order valence-electron chi connectivity index (χ3n) is 16.0. The number of carbonyl (C=O) groups is 4. The Labute approximate surface area is 447 Å². The summed E-state index contributed by atoms with van der Waals surface area (Å²) in [6.45, 7) is 9.31. The Bertz CT molecular complexity index is 3190. The summed E-state index contributed by atoms with van der Waals surface area (Å²) >= 11 is 0. The monoisotopic (exact) mass is 1080 g/mol. The number of methoxy groups -OCH3 is 1. The number of piperazine rings is 1. The van der Waals surface area contributed by atoms with E-state index in [1.807, 2.05) is 60.0 Å². The molecule has 0 saturated carbocycles. The van der Waals surface area contributed by atoms with Gasteiger partial charge in [0.2, 0.25) is 11.8 Å². The van der Waals surface area contributed by atoms with Crippen molar-refractivity contribution in [1.29, 1.82) is 0 Å². The standard InChI is InChI=1S/C56H64F5N11O6/c1-30(2)47(66-54(75)76)52(73)70-20-6-8-45(70)50-62-39-16-10-32(26-41(39)64-50)43-18-19-44(33-11-17-40-42(27-33)65-51(63-40)46-9-7-21-71(46)53(74)48(31(3)4)67-55(77)78-5)72(43)36-28-37(57)49(38(58)29-36)69-24-22-68(23-25-69)35-14-12-34(13-15-35)56(59,60)61/h10-17,26-31,43-48,66H,6-9,18-25H2,1-5H3,(H,62,64)(H,63,65)(H,67,77)(H,75,76)/t43-,44-,45+,46+,47+,48+/m1/s1. The van der Waals surface area contributed by atoms with Crippen LogP contribution in [0.2, 0.25) is 0 Å². The molecule has 4 fully saturated rings. The number of rotatable bonds is 13. The molecule has 0 bridgehead atoms. The number of aromatic amines is 2. The molecule has 2 aromatic heterocycles. The molecule has 0 spiro atoms. The molecule has 5 N–H and O–H groups in total. The van der Waals surface area contributed by atoms with Crippen LogP contribution in [0.25, 0.3) is 22.1 Å². The lowest BCUT2D eigenvalue weighted by Gasteiger charge is -2.38. The molecular formula is C56H64F5N11O6. The summed E-state index contributed by atoms with van der Waals surface area (Å²) in [6.07, 6.45) is -2.55. The molecular weight excluding hydrogens is 1020 g/mol. The summed E-state index contributed by atoms with van der Waals surface area (Å²) < 4.78 is 78.3. The third-order valence-corrected chi connectivity index (χ3v) is 16.0. The Morgan fingerprint density at radius 2 is 1.10 bits per heavy atom. The lowest BCUT2D eigenvalue weighted by atomic mass is 10.0. The first-order chi connectivity index (χ1) is 37.3. The van der Waals surface area contributed by atoms with Crippen LogP contribution < -0.4 is 25.3 Å². The number of H-pyrrole nitrogens is 2. The van der Waals surface area contributed by atoms with Crippen molar-refractivity contribution in [2.24, 2.45) is 11.8 Å². The number of anilines is 3. The van der Waals surface area contributed by atoms with Crippen LogP contribution in [0.3, 0.4) is 0 Å². The molecule has 4 amide bonds. The van der Waals surface area contributed by atoms with Crippen LogP contribution in [0.15, 0.2) is 72.8 Å². The zero-order valence-corrected chi connectivity index (χ0v) is 44.0. The summed E-state index contributed by atoms with van der Waals surface area (Å²) in [5.74, 6) is -1.40. The molecule has 10 rings (SSSR count). The quantitative estimate of drug-likeness (QED) is 0.0691. The maximum Gasteiger partial charge on any atom is 0.416 e. The topological polar surface area (TPSA) is 195 Å². The first-order valence-electron chi connectivity index (χ1n) is 26.7. The van der Waals surface area contributed by atoms with Crippen molar-refractivity contribution in [3.8, 4) is 0 Å². The molecule has 78 heavy (non-hydrogen) atoms. The van der Waals surface area contributed by atoms with E-state index in [2.05, 4.69) is 20.6 Å².